The van der Waals surface area contributed by atoms with Crippen LogP contribution in [0.15, 0.2) is 29.4 Å². The van der Waals surface area contributed by atoms with E-state index in [1.54, 1.807) is 0 Å². The molecule has 110 valence electrons. The Morgan fingerprint density at radius 2 is 2.05 bits per heavy atom. The summed E-state index contributed by atoms with van der Waals surface area (Å²) in [6, 6.07) is 5.46. The molecular formula is C14H20FN3O2. The first-order chi connectivity index (χ1) is 9.47. The molecule has 0 radical (unpaired) electrons. The Balaban J connectivity index is 2.29. The van der Waals surface area contributed by atoms with Crippen molar-refractivity contribution < 1.29 is 14.0 Å². The SMILES string of the molecule is CC(C)CC/C(N)=N/OCC(=O)Nc1ccc(F)cc1. The zero-order chi connectivity index (χ0) is 15.0. The van der Waals surface area contributed by atoms with Crippen molar-refractivity contribution in [2.24, 2.45) is 16.8 Å². The summed E-state index contributed by atoms with van der Waals surface area (Å²) >= 11 is 0. The molecular weight excluding hydrogens is 261 g/mol. The third-order valence-corrected chi connectivity index (χ3v) is 2.48. The number of halogens is 1. The van der Waals surface area contributed by atoms with Crippen molar-refractivity contribution in [3.63, 3.8) is 0 Å². The van der Waals surface area contributed by atoms with Crippen LogP contribution in [0.2, 0.25) is 0 Å². The summed E-state index contributed by atoms with van der Waals surface area (Å²) in [6.45, 7) is 3.94. The summed E-state index contributed by atoms with van der Waals surface area (Å²) < 4.78 is 12.7. The molecule has 0 unspecified atom stereocenters. The van der Waals surface area contributed by atoms with Crippen molar-refractivity contribution in [1.29, 1.82) is 0 Å². The van der Waals surface area contributed by atoms with Crippen LogP contribution in [0, 0.1) is 11.7 Å². The molecule has 0 aliphatic rings. The quantitative estimate of drug-likeness (QED) is 0.458. The number of amides is 1. The van der Waals surface area contributed by atoms with Gasteiger partial charge in [0, 0.05) is 12.1 Å². The first-order valence-electron chi connectivity index (χ1n) is 6.47. The van der Waals surface area contributed by atoms with Crippen molar-refractivity contribution in [2.75, 3.05) is 11.9 Å². The van der Waals surface area contributed by atoms with Crippen molar-refractivity contribution in [1.82, 2.24) is 0 Å². The van der Waals surface area contributed by atoms with Crippen LogP contribution >= 0.6 is 0 Å². The Kier molecular flexibility index (Phi) is 6.49. The lowest BCUT2D eigenvalue weighted by Gasteiger charge is -2.05. The van der Waals surface area contributed by atoms with Crippen LogP contribution in [0.1, 0.15) is 26.7 Å². The molecule has 20 heavy (non-hydrogen) atoms. The van der Waals surface area contributed by atoms with E-state index in [0.717, 1.165) is 6.42 Å². The normalized spacial score (nSPS) is 11.5. The number of nitrogens with one attached hydrogen (secondary N) is 1. The molecule has 0 heterocycles. The lowest BCUT2D eigenvalue weighted by Crippen LogP contribution is -2.19. The second kappa shape index (κ2) is 8.14. The van der Waals surface area contributed by atoms with E-state index in [1.165, 1.54) is 24.3 Å². The minimum Gasteiger partial charge on any atom is -0.384 e. The number of carbonyl (C=O) groups is 1. The fourth-order valence-electron chi connectivity index (χ4n) is 1.39. The van der Waals surface area contributed by atoms with Crippen molar-refractivity contribution >= 4 is 17.4 Å². The molecule has 0 aliphatic heterocycles. The number of oxime groups is 1. The molecule has 0 spiro atoms. The van der Waals surface area contributed by atoms with Gasteiger partial charge in [0.05, 0.1) is 0 Å². The monoisotopic (exact) mass is 281 g/mol. The number of benzene rings is 1. The minimum atomic E-state index is -0.378. The molecule has 0 aliphatic carbocycles. The second-order valence-electron chi connectivity index (χ2n) is 4.84. The van der Waals surface area contributed by atoms with Crippen LogP contribution < -0.4 is 11.1 Å². The standard InChI is InChI=1S/C14H20FN3O2/c1-10(2)3-8-13(16)18-20-9-14(19)17-12-6-4-11(15)5-7-12/h4-7,10H,3,8-9H2,1-2H3,(H2,16,18)(H,17,19). The lowest BCUT2D eigenvalue weighted by molar-refractivity contribution is -0.120. The largest absolute Gasteiger partial charge is 0.384 e. The maximum atomic E-state index is 12.7. The van der Waals surface area contributed by atoms with E-state index in [-0.39, 0.29) is 18.3 Å². The Bertz CT molecular complexity index is 458. The highest BCUT2D eigenvalue weighted by molar-refractivity contribution is 5.91. The molecule has 1 amide bonds. The molecule has 0 fully saturated rings. The van der Waals surface area contributed by atoms with Crippen LogP contribution in [0.3, 0.4) is 0 Å². The maximum Gasteiger partial charge on any atom is 0.265 e. The van der Waals surface area contributed by atoms with E-state index >= 15 is 0 Å². The van der Waals surface area contributed by atoms with Gasteiger partial charge in [-0.05, 0) is 36.6 Å². The molecule has 1 aromatic rings. The number of hydrogen-bond donors (Lipinski definition) is 2. The Morgan fingerprint density at radius 1 is 1.40 bits per heavy atom. The molecule has 0 atom stereocenters. The van der Waals surface area contributed by atoms with Gasteiger partial charge in [-0.3, -0.25) is 4.79 Å². The Labute approximate surface area is 118 Å². The van der Waals surface area contributed by atoms with Crippen molar-refractivity contribution in [3.8, 4) is 0 Å². The van der Waals surface area contributed by atoms with E-state index in [0.29, 0.717) is 23.9 Å². The van der Waals surface area contributed by atoms with Crippen molar-refractivity contribution in [2.45, 2.75) is 26.7 Å². The van der Waals surface area contributed by atoms with Gasteiger partial charge in [-0.15, -0.1) is 0 Å². The third-order valence-electron chi connectivity index (χ3n) is 2.48. The van der Waals surface area contributed by atoms with Gasteiger partial charge in [-0.25, -0.2) is 4.39 Å². The van der Waals surface area contributed by atoms with Crippen molar-refractivity contribution in [3.05, 3.63) is 30.1 Å². The van der Waals surface area contributed by atoms with E-state index in [2.05, 4.69) is 24.3 Å². The van der Waals surface area contributed by atoms with Gasteiger partial charge in [0.1, 0.15) is 11.7 Å². The van der Waals surface area contributed by atoms with Crippen LogP contribution in [0.5, 0.6) is 0 Å². The molecule has 3 N–H and O–H groups in total. The molecule has 1 rings (SSSR count). The molecule has 1 aromatic carbocycles. The van der Waals surface area contributed by atoms with Gasteiger partial charge >= 0.3 is 0 Å². The number of anilines is 1. The van der Waals surface area contributed by atoms with Crippen LogP contribution in [0.4, 0.5) is 10.1 Å². The highest BCUT2D eigenvalue weighted by atomic mass is 19.1. The van der Waals surface area contributed by atoms with Gasteiger partial charge in [0.15, 0.2) is 6.61 Å². The average Bonchev–Trinajstić information content (AvgIpc) is 2.39. The maximum absolute atomic E-state index is 12.7. The van der Waals surface area contributed by atoms with E-state index in [1.807, 2.05) is 0 Å². The molecule has 0 saturated heterocycles. The summed E-state index contributed by atoms with van der Waals surface area (Å²) in [5.74, 6) is 0.164. The first kappa shape index (κ1) is 15.9. The highest BCUT2D eigenvalue weighted by Crippen LogP contribution is 2.08. The summed E-state index contributed by atoms with van der Waals surface area (Å²) in [6.07, 6.45) is 1.55. The van der Waals surface area contributed by atoms with Gasteiger partial charge in [0.25, 0.3) is 5.91 Å². The fourth-order valence-corrected chi connectivity index (χ4v) is 1.39. The molecule has 6 heteroatoms. The lowest BCUT2D eigenvalue weighted by atomic mass is 10.1. The molecule has 0 aromatic heterocycles. The predicted octanol–water partition coefficient (Wildman–Crippen LogP) is 2.49. The number of rotatable bonds is 7. The zero-order valence-electron chi connectivity index (χ0n) is 11.7. The Morgan fingerprint density at radius 3 is 2.65 bits per heavy atom. The predicted molar refractivity (Wildman–Crippen MR) is 76.7 cm³/mol. The molecule has 5 nitrogen and oxygen atoms in total. The number of hydrogen-bond acceptors (Lipinski definition) is 3. The number of nitrogens with zero attached hydrogens (tertiary/aromatic N) is 1. The Hall–Kier alpha value is -2.11. The number of carbonyl (C=O) groups excluding carboxylic acids is 1. The van der Waals surface area contributed by atoms with Gasteiger partial charge < -0.3 is 15.9 Å². The first-order valence-corrected chi connectivity index (χ1v) is 6.47. The van der Waals surface area contributed by atoms with Crippen LogP contribution in [0.25, 0.3) is 0 Å². The smallest absolute Gasteiger partial charge is 0.265 e. The van der Waals surface area contributed by atoms with Gasteiger partial charge in [-0.2, -0.15) is 0 Å². The third kappa shape index (κ3) is 6.72. The van der Waals surface area contributed by atoms with Gasteiger partial charge in [-0.1, -0.05) is 19.0 Å². The van der Waals surface area contributed by atoms with Crippen LogP contribution in [-0.4, -0.2) is 18.3 Å². The summed E-state index contributed by atoms with van der Waals surface area (Å²) in [4.78, 5) is 16.4. The molecule has 0 bridgehead atoms. The number of amidine groups is 1. The van der Waals surface area contributed by atoms with Gasteiger partial charge in [0.2, 0.25) is 0 Å². The highest BCUT2D eigenvalue weighted by Gasteiger charge is 2.03. The molecule has 0 saturated carbocycles. The topological polar surface area (TPSA) is 76.7 Å². The number of nitrogens with two attached hydrogens (primary N) is 1. The van der Waals surface area contributed by atoms with E-state index in [4.69, 9.17) is 10.6 Å². The summed E-state index contributed by atoms with van der Waals surface area (Å²) in [5.41, 5.74) is 6.13. The van der Waals surface area contributed by atoms with E-state index in [9.17, 15) is 9.18 Å². The van der Waals surface area contributed by atoms with Crippen LogP contribution in [-0.2, 0) is 9.63 Å². The summed E-state index contributed by atoms with van der Waals surface area (Å²) in [5, 5.41) is 6.22. The second-order valence-corrected chi connectivity index (χ2v) is 4.84. The minimum absolute atomic E-state index is 0.236. The zero-order valence-corrected chi connectivity index (χ0v) is 11.7. The average molecular weight is 281 g/mol. The fraction of sp³-hybridized carbons (Fsp3) is 0.429. The summed E-state index contributed by atoms with van der Waals surface area (Å²) in [7, 11) is 0. The van der Waals surface area contributed by atoms with E-state index < -0.39 is 0 Å².